The lowest BCUT2D eigenvalue weighted by Crippen LogP contribution is -2.10. The minimum absolute atomic E-state index is 0.351. The number of hydrogen-bond donors (Lipinski definition) is 1. The standard InChI is InChI=1S/C14H21N5/c1-11(2)14-17-12(3)10-13(18-14)15-6-4-8-19-9-5-7-16-19/h5,7,9-11H,4,6,8H2,1-3H3,(H,15,17,18). The molecule has 0 aromatic carbocycles. The van der Waals surface area contributed by atoms with Crippen molar-refractivity contribution in [2.24, 2.45) is 0 Å². The molecule has 2 aromatic heterocycles. The molecule has 0 saturated heterocycles. The van der Waals surface area contributed by atoms with Gasteiger partial charge in [0, 0.05) is 43.2 Å². The molecule has 5 nitrogen and oxygen atoms in total. The molecule has 5 heteroatoms. The van der Waals surface area contributed by atoms with Crippen LogP contribution in [-0.2, 0) is 6.54 Å². The lowest BCUT2D eigenvalue weighted by Gasteiger charge is -2.10. The normalized spacial score (nSPS) is 10.9. The van der Waals surface area contributed by atoms with Gasteiger partial charge < -0.3 is 5.32 Å². The van der Waals surface area contributed by atoms with E-state index in [1.807, 2.05) is 29.9 Å². The zero-order valence-corrected chi connectivity index (χ0v) is 11.8. The maximum Gasteiger partial charge on any atom is 0.133 e. The quantitative estimate of drug-likeness (QED) is 0.810. The van der Waals surface area contributed by atoms with E-state index >= 15 is 0 Å². The summed E-state index contributed by atoms with van der Waals surface area (Å²) in [5.41, 5.74) is 1.01. The molecule has 1 N–H and O–H groups in total. The number of hydrogen-bond acceptors (Lipinski definition) is 4. The molecule has 2 aromatic rings. The van der Waals surface area contributed by atoms with Crippen molar-refractivity contribution in [2.45, 2.75) is 39.7 Å². The molecule has 2 heterocycles. The Morgan fingerprint density at radius 3 is 2.84 bits per heavy atom. The Hall–Kier alpha value is -1.91. The van der Waals surface area contributed by atoms with Gasteiger partial charge in [-0.2, -0.15) is 5.10 Å². The van der Waals surface area contributed by atoms with E-state index in [2.05, 4.69) is 34.2 Å². The zero-order chi connectivity index (χ0) is 13.7. The van der Waals surface area contributed by atoms with E-state index < -0.39 is 0 Å². The lowest BCUT2D eigenvalue weighted by atomic mass is 10.2. The maximum absolute atomic E-state index is 4.52. The summed E-state index contributed by atoms with van der Waals surface area (Å²) in [7, 11) is 0. The van der Waals surface area contributed by atoms with E-state index in [1.165, 1.54) is 0 Å². The van der Waals surface area contributed by atoms with E-state index in [1.54, 1.807) is 6.20 Å². The summed E-state index contributed by atoms with van der Waals surface area (Å²) < 4.78 is 1.94. The zero-order valence-electron chi connectivity index (χ0n) is 11.8. The van der Waals surface area contributed by atoms with Gasteiger partial charge in [-0.1, -0.05) is 13.8 Å². The molecular weight excluding hydrogens is 238 g/mol. The van der Waals surface area contributed by atoms with E-state index in [4.69, 9.17) is 0 Å². The van der Waals surface area contributed by atoms with Gasteiger partial charge in [-0.05, 0) is 19.4 Å². The summed E-state index contributed by atoms with van der Waals surface area (Å²) >= 11 is 0. The fourth-order valence-electron chi connectivity index (χ4n) is 1.83. The number of anilines is 1. The highest BCUT2D eigenvalue weighted by Gasteiger charge is 2.05. The van der Waals surface area contributed by atoms with Gasteiger partial charge in [0.25, 0.3) is 0 Å². The number of aromatic nitrogens is 4. The molecule has 19 heavy (non-hydrogen) atoms. The predicted octanol–water partition coefficient (Wildman–Crippen LogP) is 2.61. The van der Waals surface area contributed by atoms with Crippen molar-refractivity contribution >= 4 is 5.82 Å². The minimum atomic E-state index is 0.351. The molecule has 0 amide bonds. The Balaban J connectivity index is 1.85. The number of aryl methyl sites for hydroxylation is 2. The first-order chi connectivity index (χ1) is 9.15. The molecule has 0 aliphatic carbocycles. The Bertz CT molecular complexity index is 505. The average Bonchev–Trinajstić information content (AvgIpc) is 2.87. The second kappa shape index (κ2) is 6.31. The summed E-state index contributed by atoms with van der Waals surface area (Å²) in [4.78, 5) is 8.96. The summed E-state index contributed by atoms with van der Waals surface area (Å²) in [6.07, 6.45) is 4.80. The van der Waals surface area contributed by atoms with E-state index in [0.29, 0.717) is 5.92 Å². The molecule has 0 radical (unpaired) electrons. The SMILES string of the molecule is Cc1cc(NCCCn2cccn2)nc(C(C)C)n1. The second-order valence-electron chi connectivity index (χ2n) is 4.96. The third kappa shape index (κ3) is 4.05. The van der Waals surface area contributed by atoms with Crippen LogP contribution < -0.4 is 5.32 Å². The predicted molar refractivity (Wildman–Crippen MR) is 76.2 cm³/mol. The van der Waals surface area contributed by atoms with Gasteiger partial charge in [0.15, 0.2) is 0 Å². The highest BCUT2D eigenvalue weighted by atomic mass is 15.3. The minimum Gasteiger partial charge on any atom is -0.370 e. The molecule has 102 valence electrons. The number of rotatable bonds is 6. The Labute approximate surface area is 114 Å². The van der Waals surface area contributed by atoms with Crippen molar-refractivity contribution in [3.8, 4) is 0 Å². The van der Waals surface area contributed by atoms with Crippen molar-refractivity contribution < 1.29 is 0 Å². The Kier molecular flexibility index (Phi) is 4.49. The van der Waals surface area contributed by atoms with Crippen LogP contribution in [0.4, 0.5) is 5.82 Å². The Morgan fingerprint density at radius 1 is 1.32 bits per heavy atom. The number of nitrogens with one attached hydrogen (secondary N) is 1. The molecule has 2 rings (SSSR count). The first-order valence-corrected chi connectivity index (χ1v) is 6.72. The van der Waals surface area contributed by atoms with Crippen LogP contribution in [0.3, 0.4) is 0 Å². The summed E-state index contributed by atoms with van der Waals surface area (Å²) in [6, 6.07) is 3.93. The van der Waals surface area contributed by atoms with Crippen LogP contribution in [0.25, 0.3) is 0 Å². The third-order valence-electron chi connectivity index (χ3n) is 2.82. The van der Waals surface area contributed by atoms with Gasteiger partial charge in [0.1, 0.15) is 11.6 Å². The third-order valence-corrected chi connectivity index (χ3v) is 2.82. The fraction of sp³-hybridized carbons (Fsp3) is 0.500. The lowest BCUT2D eigenvalue weighted by molar-refractivity contribution is 0.591. The van der Waals surface area contributed by atoms with E-state index in [-0.39, 0.29) is 0 Å². The van der Waals surface area contributed by atoms with Crippen LogP contribution in [0, 0.1) is 6.92 Å². The van der Waals surface area contributed by atoms with Crippen molar-refractivity contribution in [2.75, 3.05) is 11.9 Å². The topological polar surface area (TPSA) is 55.6 Å². The van der Waals surface area contributed by atoms with Crippen molar-refractivity contribution in [3.05, 3.63) is 36.0 Å². The van der Waals surface area contributed by atoms with Crippen LogP contribution in [0.1, 0.15) is 37.7 Å². The van der Waals surface area contributed by atoms with Crippen molar-refractivity contribution in [1.82, 2.24) is 19.7 Å². The van der Waals surface area contributed by atoms with Crippen LogP contribution in [-0.4, -0.2) is 26.3 Å². The van der Waals surface area contributed by atoms with Crippen LogP contribution in [0.2, 0.25) is 0 Å². The summed E-state index contributed by atoms with van der Waals surface area (Å²) in [5, 5.41) is 7.53. The molecule has 0 bridgehead atoms. The number of nitrogens with zero attached hydrogens (tertiary/aromatic N) is 4. The second-order valence-corrected chi connectivity index (χ2v) is 4.96. The summed E-state index contributed by atoms with van der Waals surface area (Å²) in [6.45, 7) is 8.02. The highest BCUT2D eigenvalue weighted by molar-refractivity contribution is 5.36. The van der Waals surface area contributed by atoms with Crippen LogP contribution in [0.15, 0.2) is 24.5 Å². The van der Waals surface area contributed by atoms with Gasteiger partial charge in [0.05, 0.1) is 0 Å². The molecular formula is C14H21N5. The van der Waals surface area contributed by atoms with Gasteiger partial charge in [-0.25, -0.2) is 9.97 Å². The monoisotopic (exact) mass is 259 g/mol. The molecule has 0 atom stereocenters. The molecule has 0 fully saturated rings. The largest absolute Gasteiger partial charge is 0.370 e. The highest BCUT2D eigenvalue weighted by Crippen LogP contribution is 2.13. The van der Waals surface area contributed by atoms with Crippen LogP contribution in [0.5, 0.6) is 0 Å². The first kappa shape index (κ1) is 13.5. The van der Waals surface area contributed by atoms with Crippen molar-refractivity contribution in [3.63, 3.8) is 0 Å². The van der Waals surface area contributed by atoms with E-state index in [9.17, 15) is 0 Å². The van der Waals surface area contributed by atoms with Crippen molar-refractivity contribution in [1.29, 1.82) is 0 Å². The van der Waals surface area contributed by atoms with Crippen LogP contribution >= 0.6 is 0 Å². The molecule has 0 unspecified atom stereocenters. The molecule has 0 aliphatic heterocycles. The first-order valence-electron chi connectivity index (χ1n) is 6.72. The Morgan fingerprint density at radius 2 is 2.16 bits per heavy atom. The van der Waals surface area contributed by atoms with Gasteiger partial charge in [-0.15, -0.1) is 0 Å². The van der Waals surface area contributed by atoms with E-state index in [0.717, 1.165) is 36.8 Å². The average molecular weight is 259 g/mol. The molecule has 0 aliphatic rings. The molecule has 0 saturated carbocycles. The smallest absolute Gasteiger partial charge is 0.133 e. The summed E-state index contributed by atoms with van der Waals surface area (Å²) in [5.74, 6) is 2.16. The van der Waals surface area contributed by atoms with Gasteiger partial charge in [0.2, 0.25) is 0 Å². The maximum atomic E-state index is 4.52. The fourth-order valence-corrected chi connectivity index (χ4v) is 1.83. The molecule has 0 spiro atoms. The van der Waals surface area contributed by atoms with Gasteiger partial charge >= 0.3 is 0 Å². The van der Waals surface area contributed by atoms with Gasteiger partial charge in [-0.3, -0.25) is 4.68 Å².